The fraction of sp³-hybridized carbons (Fsp3) is 0.200. The number of rotatable bonds is 6. The minimum Gasteiger partial charge on any atom is -0.456 e. The molecule has 27 heavy (non-hydrogen) atoms. The van der Waals surface area contributed by atoms with Gasteiger partial charge in [0.15, 0.2) is 5.69 Å². The Morgan fingerprint density at radius 3 is 2.67 bits per heavy atom. The summed E-state index contributed by atoms with van der Waals surface area (Å²) in [4.78, 5) is 29.0. The first-order chi connectivity index (χ1) is 13.1. The Morgan fingerprint density at radius 1 is 1.19 bits per heavy atom. The molecule has 7 nitrogen and oxygen atoms in total. The molecule has 0 bridgehead atoms. The highest BCUT2D eigenvalue weighted by molar-refractivity contribution is 5.88. The van der Waals surface area contributed by atoms with E-state index in [0.29, 0.717) is 12.2 Å². The Kier molecular flexibility index (Phi) is 5.61. The minimum absolute atomic E-state index is 0.0661. The topological polar surface area (TPSA) is 86.1 Å². The number of hydrogen-bond donors (Lipinski definition) is 1. The fourth-order valence-electron chi connectivity index (χ4n) is 2.48. The molecule has 0 atom stereocenters. The van der Waals surface area contributed by atoms with E-state index in [1.165, 1.54) is 10.7 Å². The lowest BCUT2D eigenvalue weighted by Crippen LogP contribution is -2.27. The Bertz CT molecular complexity index is 1000. The van der Waals surface area contributed by atoms with E-state index in [1.807, 2.05) is 43.3 Å². The van der Waals surface area contributed by atoms with E-state index < -0.39 is 5.97 Å². The molecule has 1 N–H and O–H groups in total. The molecule has 3 rings (SSSR count). The summed E-state index contributed by atoms with van der Waals surface area (Å²) in [6, 6.07) is 12.6. The van der Waals surface area contributed by atoms with E-state index >= 15 is 0 Å². The van der Waals surface area contributed by atoms with Gasteiger partial charge in [0.2, 0.25) is 0 Å². The number of carbonyl (C=O) groups excluding carboxylic acids is 1. The maximum absolute atomic E-state index is 12.5. The number of aromatic nitrogens is 3. The van der Waals surface area contributed by atoms with Crippen molar-refractivity contribution in [3.63, 3.8) is 0 Å². The van der Waals surface area contributed by atoms with Gasteiger partial charge in [0, 0.05) is 18.8 Å². The average molecular weight is 364 g/mol. The van der Waals surface area contributed by atoms with Gasteiger partial charge in [-0.3, -0.25) is 9.78 Å². The van der Waals surface area contributed by atoms with Crippen molar-refractivity contribution < 1.29 is 9.53 Å². The number of esters is 1. The van der Waals surface area contributed by atoms with Gasteiger partial charge in [-0.2, -0.15) is 5.10 Å². The van der Waals surface area contributed by atoms with E-state index in [1.54, 1.807) is 19.3 Å². The van der Waals surface area contributed by atoms with Crippen LogP contribution < -0.4 is 10.9 Å². The summed E-state index contributed by atoms with van der Waals surface area (Å²) in [6.45, 7) is 4.15. The van der Waals surface area contributed by atoms with Crippen LogP contribution in [0, 0.1) is 6.92 Å². The summed E-state index contributed by atoms with van der Waals surface area (Å²) in [7, 11) is 0. The monoisotopic (exact) mass is 364 g/mol. The van der Waals surface area contributed by atoms with E-state index in [-0.39, 0.29) is 23.5 Å². The predicted octanol–water partition coefficient (Wildman–Crippen LogP) is 3.07. The van der Waals surface area contributed by atoms with Gasteiger partial charge in [0.05, 0.1) is 11.9 Å². The molecule has 0 aliphatic rings. The molecular weight excluding hydrogens is 344 g/mol. The maximum atomic E-state index is 12.5. The largest absolute Gasteiger partial charge is 0.456 e. The first-order valence-corrected chi connectivity index (χ1v) is 8.59. The molecule has 0 radical (unpaired) electrons. The first-order valence-electron chi connectivity index (χ1n) is 8.59. The summed E-state index contributed by atoms with van der Waals surface area (Å²) in [5.41, 5.74) is 2.48. The lowest BCUT2D eigenvalue weighted by Gasteiger charge is -2.12. The van der Waals surface area contributed by atoms with Crippen LogP contribution in [0.15, 0.2) is 59.7 Å². The third-order valence-corrected chi connectivity index (χ3v) is 4.00. The van der Waals surface area contributed by atoms with E-state index in [2.05, 4.69) is 15.4 Å². The maximum Gasteiger partial charge on any atom is 0.359 e. The molecular formula is C20H20N4O3. The zero-order chi connectivity index (χ0) is 19.2. The number of pyridine rings is 1. The summed E-state index contributed by atoms with van der Waals surface area (Å²) in [6.07, 6.45) is 3.29. The number of ether oxygens (including phenoxy) is 1. The molecule has 7 heteroatoms. The summed E-state index contributed by atoms with van der Waals surface area (Å²) < 4.78 is 6.55. The number of carbonyl (C=O) groups is 1. The van der Waals surface area contributed by atoms with Gasteiger partial charge in [-0.25, -0.2) is 9.48 Å². The highest BCUT2D eigenvalue weighted by atomic mass is 16.5. The SMILES string of the molecule is CCn1nc(C(=O)OCc2ccccc2)cc(Nc2cnccc2C)c1=O. The van der Waals surface area contributed by atoms with Gasteiger partial charge < -0.3 is 10.1 Å². The third kappa shape index (κ3) is 4.38. The molecule has 2 heterocycles. The number of aryl methyl sites for hydroxylation is 2. The lowest BCUT2D eigenvalue weighted by molar-refractivity contribution is 0.0462. The zero-order valence-corrected chi connectivity index (χ0v) is 15.2. The van der Waals surface area contributed by atoms with E-state index in [9.17, 15) is 9.59 Å². The smallest absolute Gasteiger partial charge is 0.359 e. The van der Waals surface area contributed by atoms with Crippen molar-refractivity contribution >= 4 is 17.3 Å². The van der Waals surface area contributed by atoms with Crippen LogP contribution in [0.3, 0.4) is 0 Å². The Hall–Kier alpha value is -3.48. The molecule has 0 spiro atoms. The van der Waals surface area contributed by atoms with Crippen molar-refractivity contribution in [2.24, 2.45) is 0 Å². The van der Waals surface area contributed by atoms with Crippen LogP contribution in [-0.4, -0.2) is 20.7 Å². The number of nitrogens with one attached hydrogen (secondary N) is 1. The third-order valence-electron chi connectivity index (χ3n) is 4.00. The number of anilines is 2. The van der Waals surface area contributed by atoms with Crippen LogP contribution in [0.2, 0.25) is 0 Å². The second kappa shape index (κ2) is 8.27. The molecule has 0 unspecified atom stereocenters. The quantitative estimate of drug-likeness (QED) is 0.677. The number of benzene rings is 1. The zero-order valence-electron chi connectivity index (χ0n) is 15.2. The van der Waals surface area contributed by atoms with Crippen molar-refractivity contribution in [2.75, 3.05) is 5.32 Å². The van der Waals surface area contributed by atoms with Crippen molar-refractivity contribution in [1.82, 2.24) is 14.8 Å². The molecule has 1 aromatic carbocycles. The second-order valence-corrected chi connectivity index (χ2v) is 5.94. The van der Waals surface area contributed by atoms with Gasteiger partial charge in [-0.15, -0.1) is 0 Å². The molecule has 0 fully saturated rings. The second-order valence-electron chi connectivity index (χ2n) is 5.94. The van der Waals surface area contributed by atoms with Crippen molar-refractivity contribution in [2.45, 2.75) is 27.0 Å². The fourth-order valence-corrected chi connectivity index (χ4v) is 2.48. The Balaban J connectivity index is 1.86. The Labute approximate surface area is 156 Å². The molecule has 0 amide bonds. The van der Waals surface area contributed by atoms with Gasteiger partial charge in [-0.1, -0.05) is 30.3 Å². The van der Waals surface area contributed by atoms with Crippen molar-refractivity contribution in [3.05, 3.63) is 82.0 Å². The van der Waals surface area contributed by atoms with Crippen LogP contribution in [-0.2, 0) is 17.9 Å². The van der Waals surface area contributed by atoms with Gasteiger partial charge in [-0.05, 0) is 31.0 Å². The summed E-state index contributed by atoms with van der Waals surface area (Å²) in [5.74, 6) is -0.591. The van der Waals surface area contributed by atoms with Gasteiger partial charge >= 0.3 is 5.97 Å². The molecule has 0 saturated carbocycles. The molecule has 0 aliphatic carbocycles. The van der Waals surface area contributed by atoms with Crippen LogP contribution in [0.1, 0.15) is 28.5 Å². The van der Waals surface area contributed by atoms with Crippen molar-refractivity contribution in [3.8, 4) is 0 Å². The van der Waals surface area contributed by atoms with Gasteiger partial charge in [0.25, 0.3) is 5.56 Å². The van der Waals surface area contributed by atoms with E-state index in [0.717, 1.165) is 11.1 Å². The van der Waals surface area contributed by atoms with Crippen molar-refractivity contribution in [1.29, 1.82) is 0 Å². The lowest BCUT2D eigenvalue weighted by atomic mass is 10.2. The highest BCUT2D eigenvalue weighted by Gasteiger charge is 2.16. The first kappa shape index (κ1) is 18.3. The van der Waals surface area contributed by atoms with Crippen LogP contribution in [0.5, 0.6) is 0 Å². The summed E-state index contributed by atoms with van der Waals surface area (Å²) in [5, 5.41) is 7.14. The molecule has 0 saturated heterocycles. The normalized spacial score (nSPS) is 10.4. The van der Waals surface area contributed by atoms with Crippen LogP contribution in [0.25, 0.3) is 0 Å². The van der Waals surface area contributed by atoms with Crippen LogP contribution >= 0.6 is 0 Å². The van der Waals surface area contributed by atoms with Gasteiger partial charge in [0.1, 0.15) is 12.3 Å². The number of hydrogen-bond acceptors (Lipinski definition) is 6. The standard InChI is InChI=1S/C20H20N4O3/c1-3-24-19(25)16(22-18-12-21-10-9-14(18)2)11-17(23-24)20(26)27-13-15-7-5-4-6-8-15/h4-12,22H,3,13H2,1-2H3. The minimum atomic E-state index is -0.591. The molecule has 3 aromatic rings. The van der Waals surface area contributed by atoms with Crippen LogP contribution in [0.4, 0.5) is 11.4 Å². The highest BCUT2D eigenvalue weighted by Crippen LogP contribution is 2.17. The Morgan fingerprint density at radius 2 is 1.96 bits per heavy atom. The van der Waals surface area contributed by atoms with E-state index in [4.69, 9.17) is 4.74 Å². The average Bonchev–Trinajstić information content (AvgIpc) is 2.70. The summed E-state index contributed by atoms with van der Waals surface area (Å²) >= 11 is 0. The predicted molar refractivity (Wildman–Crippen MR) is 102 cm³/mol. The molecule has 2 aromatic heterocycles. The number of nitrogens with zero attached hydrogens (tertiary/aromatic N) is 3. The molecule has 0 aliphatic heterocycles. The molecule has 138 valence electrons.